The third kappa shape index (κ3) is 2.74. The summed E-state index contributed by atoms with van der Waals surface area (Å²) in [4.78, 5) is 0. The summed E-state index contributed by atoms with van der Waals surface area (Å²) in [6.07, 6.45) is 4.69. The number of nitrogens with zero attached hydrogens (tertiary/aromatic N) is 2. The van der Waals surface area contributed by atoms with Gasteiger partial charge in [0, 0.05) is 18.8 Å². The van der Waals surface area contributed by atoms with E-state index in [0.717, 1.165) is 6.42 Å². The van der Waals surface area contributed by atoms with Gasteiger partial charge in [-0.25, -0.2) is 0 Å². The summed E-state index contributed by atoms with van der Waals surface area (Å²) in [5, 5.41) is 4.17. The molecule has 2 N–H and O–H groups in total. The number of hydrogen-bond donors (Lipinski definition) is 1. The van der Waals surface area contributed by atoms with Gasteiger partial charge in [-0.15, -0.1) is 0 Å². The van der Waals surface area contributed by atoms with Crippen molar-refractivity contribution in [1.82, 2.24) is 9.78 Å². The Bertz CT molecular complexity index is 512. The molecule has 0 aliphatic rings. The fourth-order valence-corrected chi connectivity index (χ4v) is 2.09. The molecule has 2 rings (SSSR count). The molecule has 0 saturated carbocycles. The highest BCUT2D eigenvalue weighted by Crippen LogP contribution is 2.23. The normalized spacial score (nSPS) is 14.6. The van der Waals surface area contributed by atoms with E-state index < -0.39 is 0 Å². The van der Waals surface area contributed by atoms with Gasteiger partial charge in [-0.2, -0.15) is 5.10 Å². The SMILES string of the molecule is Cc1cccc(C(C)(N)Cc2cnn(C)c2)c1. The largest absolute Gasteiger partial charge is 0.321 e. The van der Waals surface area contributed by atoms with E-state index in [4.69, 9.17) is 5.73 Å². The molecule has 2 aromatic rings. The van der Waals surface area contributed by atoms with Gasteiger partial charge in [-0.1, -0.05) is 29.8 Å². The molecule has 0 amide bonds. The summed E-state index contributed by atoms with van der Waals surface area (Å²) in [6.45, 7) is 4.15. The number of hydrogen-bond acceptors (Lipinski definition) is 2. The molecule has 3 heteroatoms. The van der Waals surface area contributed by atoms with Crippen LogP contribution in [-0.4, -0.2) is 9.78 Å². The molecule has 0 aliphatic carbocycles. The molecule has 0 saturated heterocycles. The van der Waals surface area contributed by atoms with Crippen molar-refractivity contribution in [3.8, 4) is 0 Å². The quantitative estimate of drug-likeness (QED) is 0.876. The molecule has 1 aromatic heterocycles. The smallest absolute Gasteiger partial charge is 0.0522 e. The number of aromatic nitrogens is 2. The van der Waals surface area contributed by atoms with Gasteiger partial charge in [0.25, 0.3) is 0 Å². The van der Waals surface area contributed by atoms with Gasteiger partial charge in [0.05, 0.1) is 6.20 Å². The molecular formula is C14H19N3. The summed E-state index contributed by atoms with van der Waals surface area (Å²) in [6, 6.07) is 8.38. The Balaban J connectivity index is 2.24. The maximum atomic E-state index is 6.41. The summed E-state index contributed by atoms with van der Waals surface area (Å²) >= 11 is 0. The number of benzene rings is 1. The molecule has 0 spiro atoms. The minimum Gasteiger partial charge on any atom is -0.321 e. The summed E-state index contributed by atoms with van der Waals surface area (Å²) < 4.78 is 1.81. The van der Waals surface area contributed by atoms with Crippen molar-refractivity contribution in [3.05, 3.63) is 53.3 Å². The highest BCUT2D eigenvalue weighted by molar-refractivity contribution is 5.29. The van der Waals surface area contributed by atoms with Crippen LogP contribution in [0.15, 0.2) is 36.7 Å². The zero-order valence-corrected chi connectivity index (χ0v) is 10.6. The molecule has 17 heavy (non-hydrogen) atoms. The van der Waals surface area contributed by atoms with Crippen LogP contribution in [0, 0.1) is 6.92 Å². The molecule has 1 atom stereocenters. The zero-order chi connectivity index (χ0) is 12.5. The minimum atomic E-state index is -0.352. The van der Waals surface area contributed by atoms with Crippen molar-refractivity contribution in [2.45, 2.75) is 25.8 Å². The highest BCUT2D eigenvalue weighted by Gasteiger charge is 2.22. The van der Waals surface area contributed by atoms with Gasteiger partial charge < -0.3 is 5.73 Å². The monoisotopic (exact) mass is 229 g/mol. The van der Waals surface area contributed by atoms with Gasteiger partial charge in [0.15, 0.2) is 0 Å². The van der Waals surface area contributed by atoms with Crippen molar-refractivity contribution in [3.63, 3.8) is 0 Å². The third-order valence-corrected chi connectivity index (χ3v) is 3.01. The van der Waals surface area contributed by atoms with E-state index >= 15 is 0 Å². The lowest BCUT2D eigenvalue weighted by Crippen LogP contribution is -2.35. The Labute approximate surface area is 102 Å². The second-order valence-corrected chi connectivity index (χ2v) is 4.99. The maximum Gasteiger partial charge on any atom is 0.0522 e. The lowest BCUT2D eigenvalue weighted by Gasteiger charge is -2.25. The third-order valence-electron chi connectivity index (χ3n) is 3.01. The van der Waals surface area contributed by atoms with Gasteiger partial charge >= 0.3 is 0 Å². The van der Waals surface area contributed by atoms with E-state index in [1.807, 2.05) is 24.1 Å². The summed E-state index contributed by atoms with van der Waals surface area (Å²) in [5.41, 5.74) is 9.63. The van der Waals surface area contributed by atoms with Crippen LogP contribution in [0.1, 0.15) is 23.6 Å². The van der Waals surface area contributed by atoms with Crippen molar-refractivity contribution in [2.24, 2.45) is 12.8 Å². The second-order valence-electron chi connectivity index (χ2n) is 4.99. The molecular weight excluding hydrogens is 210 g/mol. The van der Waals surface area contributed by atoms with Crippen LogP contribution in [0.3, 0.4) is 0 Å². The van der Waals surface area contributed by atoms with Gasteiger partial charge in [0.2, 0.25) is 0 Å². The fourth-order valence-electron chi connectivity index (χ4n) is 2.09. The molecule has 0 fully saturated rings. The van der Waals surface area contributed by atoms with E-state index in [0.29, 0.717) is 0 Å². The molecule has 1 aromatic carbocycles. The number of aryl methyl sites for hydroxylation is 2. The first-order chi connectivity index (χ1) is 7.97. The van der Waals surface area contributed by atoms with Crippen LogP contribution in [0.5, 0.6) is 0 Å². The molecule has 1 unspecified atom stereocenters. The van der Waals surface area contributed by atoms with Crippen LogP contribution in [0.4, 0.5) is 0 Å². The average Bonchev–Trinajstić information content (AvgIpc) is 2.63. The number of nitrogens with two attached hydrogens (primary N) is 1. The van der Waals surface area contributed by atoms with Crippen LogP contribution in [-0.2, 0) is 19.0 Å². The Morgan fingerprint density at radius 2 is 2.18 bits per heavy atom. The van der Waals surface area contributed by atoms with E-state index in [1.165, 1.54) is 16.7 Å². The van der Waals surface area contributed by atoms with Gasteiger partial charge in [-0.05, 0) is 31.4 Å². The number of rotatable bonds is 3. The zero-order valence-electron chi connectivity index (χ0n) is 10.6. The van der Waals surface area contributed by atoms with Crippen molar-refractivity contribution in [1.29, 1.82) is 0 Å². The van der Waals surface area contributed by atoms with Gasteiger partial charge in [0.1, 0.15) is 0 Å². The molecule has 3 nitrogen and oxygen atoms in total. The highest BCUT2D eigenvalue weighted by atomic mass is 15.2. The van der Waals surface area contributed by atoms with E-state index in [-0.39, 0.29) is 5.54 Å². The minimum absolute atomic E-state index is 0.352. The summed E-state index contributed by atoms with van der Waals surface area (Å²) in [7, 11) is 1.92. The van der Waals surface area contributed by atoms with E-state index in [9.17, 15) is 0 Å². The molecule has 0 radical (unpaired) electrons. The first-order valence-electron chi connectivity index (χ1n) is 5.81. The van der Waals surface area contributed by atoms with Crippen molar-refractivity contribution < 1.29 is 0 Å². The van der Waals surface area contributed by atoms with Gasteiger partial charge in [-0.3, -0.25) is 4.68 Å². The Morgan fingerprint density at radius 3 is 2.76 bits per heavy atom. The maximum absolute atomic E-state index is 6.41. The predicted molar refractivity (Wildman–Crippen MR) is 69.6 cm³/mol. The van der Waals surface area contributed by atoms with E-state index in [1.54, 1.807) is 0 Å². The van der Waals surface area contributed by atoms with Crippen LogP contribution < -0.4 is 5.73 Å². The first-order valence-corrected chi connectivity index (χ1v) is 5.81. The second kappa shape index (κ2) is 4.34. The lowest BCUT2D eigenvalue weighted by atomic mass is 9.87. The fraction of sp³-hybridized carbons (Fsp3) is 0.357. The standard InChI is InChI=1S/C14H19N3/c1-11-5-4-6-13(7-11)14(2,15)8-12-9-16-17(3)10-12/h4-7,9-10H,8,15H2,1-3H3. The molecule has 0 aliphatic heterocycles. The molecule has 0 bridgehead atoms. The lowest BCUT2D eigenvalue weighted by molar-refractivity contribution is 0.491. The average molecular weight is 229 g/mol. The predicted octanol–water partition coefficient (Wildman–Crippen LogP) is 2.15. The Kier molecular flexibility index (Phi) is 3.03. The first kappa shape index (κ1) is 11.9. The Morgan fingerprint density at radius 1 is 1.41 bits per heavy atom. The Hall–Kier alpha value is -1.61. The molecule has 90 valence electrons. The topological polar surface area (TPSA) is 43.8 Å². The van der Waals surface area contributed by atoms with Crippen molar-refractivity contribution >= 4 is 0 Å². The van der Waals surface area contributed by atoms with Crippen LogP contribution >= 0.6 is 0 Å². The summed E-state index contributed by atoms with van der Waals surface area (Å²) in [5.74, 6) is 0. The van der Waals surface area contributed by atoms with Crippen LogP contribution in [0.25, 0.3) is 0 Å². The van der Waals surface area contributed by atoms with Crippen LogP contribution in [0.2, 0.25) is 0 Å². The molecule has 1 heterocycles. The van der Waals surface area contributed by atoms with Crippen molar-refractivity contribution in [2.75, 3.05) is 0 Å². The van der Waals surface area contributed by atoms with E-state index in [2.05, 4.69) is 43.2 Å².